The van der Waals surface area contributed by atoms with Crippen LogP contribution >= 0.6 is 0 Å². The van der Waals surface area contributed by atoms with Crippen LogP contribution < -0.4 is 32.4 Å². The highest BCUT2D eigenvalue weighted by Crippen LogP contribution is 2.16. The van der Waals surface area contributed by atoms with Crippen LogP contribution in [-0.4, -0.2) is 45.4 Å². The number of nitrogens with one attached hydrogen (secondary N) is 2. The van der Waals surface area contributed by atoms with Crippen molar-refractivity contribution < 1.29 is 19.7 Å². The fourth-order valence-corrected chi connectivity index (χ4v) is 2.93. The van der Waals surface area contributed by atoms with E-state index in [-0.39, 0.29) is 18.3 Å². The van der Waals surface area contributed by atoms with Gasteiger partial charge in [-0.1, -0.05) is 31.2 Å². The largest absolute Gasteiger partial charge is 0.548 e. The number of carbonyl (C=O) groups is 2. The average molecular weight is 403 g/mol. The molecule has 156 valence electrons. The van der Waals surface area contributed by atoms with Crippen LogP contribution in [0.5, 0.6) is 0 Å². The molecule has 1 heterocycles. The van der Waals surface area contributed by atoms with E-state index >= 15 is 0 Å². The van der Waals surface area contributed by atoms with E-state index in [4.69, 9.17) is 11.5 Å². The number of benzene rings is 1. The summed E-state index contributed by atoms with van der Waals surface area (Å²) in [5, 5.41) is 22.1. The molecule has 6 N–H and O–H groups in total. The number of aromatic nitrogens is 3. The molecule has 1 aromatic heterocycles. The predicted molar refractivity (Wildman–Crippen MR) is 103 cm³/mol. The maximum atomic E-state index is 12.8. The SMILES string of the molecule is CC(C)[C@@H](C(=O)N[C@@H](CCC[NH+]=C(N)N)C(=O)[O-])n1nnc2ccccc2c1=O. The average Bonchev–Trinajstić information content (AvgIpc) is 2.65. The number of aliphatic carboxylic acids is 1. The van der Waals surface area contributed by atoms with Gasteiger partial charge in [0.2, 0.25) is 5.91 Å². The van der Waals surface area contributed by atoms with E-state index in [0.717, 1.165) is 4.68 Å². The molecule has 0 saturated carbocycles. The zero-order valence-corrected chi connectivity index (χ0v) is 16.3. The minimum Gasteiger partial charge on any atom is -0.548 e. The molecule has 0 aliphatic carbocycles. The number of nitrogens with zero attached hydrogens (tertiary/aromatic N) is 3. The number of carbonyl (C=O) groups excluding carboxylic acids is 2. The van der Waals surface area contributed by atoms with Gasteiger partial charge < -0.3 is 15.2 Å². The van der Waals surface area contributed by atoms with Crippen molar-refractivity contribution in [1.29, 1.82) is 0 Å². The molecule has 0 spiro atoms. The topological polar surface area (TPSA) is 183 Å². The zero-order valence-electron chi connectivity index (χ0n) is 16.3. The van der Waals surface area contributed by atoms with Crippen LogP contribution in [0.25, 0.3) is 10.9 Å². The Labute approximate surface area is 166 Å². The molecule has 0 bridgehead atoms. The third kappa shape index (κ3) is 5.50. The third-order valence-corrected chi connectivity index (χ3v) is 4.35. The van der Waals surface area contributed by atoms with E-state index in [0.29, 0.717) is 23.9 Å². The fraction of sp³-hybridized carbons (Fsp3) is 0.444. The first-order valence-electron chi connectivity index (χ1n) is 9.19. The summed E-state index contributed by atoms with van der Waals surface area (Å²) in [4.78, 5) is 39.7. The van der Waals surface area contributed by atoms with E-state index in [2.05, 4.69) is 20.6 Å². The van der Waals surface area contributed by atoms with Crippen molar-refractivity contribution in [3.8, 4) is 0 Å². The van der Waals surface area contributed by atoms with Crippen LogP contribution in [0, 0.1) is 5.92 Å². The van der Waals surface area contributed by atoms with Crippen molar-refractivity contribution in [2.45, 2.75) is 38.8 Å². The third-order valence-electron chi connectivity index (χ3n) is 4.35. The highest BCUT2D eigenvalue weighted by Gasteiger charge is 2.29. The molecule has 0 radical (unpaired) electrons. The van der Waals surface area contributed by atoms with Crippen molar-refractivity contribution in [3.05, 3.63) is 34.6 Å². The molecule has 2 aromatic rings. The number of hydrogen-bond acceptors (Lipinski definition) is 6. The first-order valence-corrected chi connectivity index (χ1v) is 9.19. The van der Waals surface area contributed by atoms with Gasteiger partial charge in [0.15, 0.2) is 0 Å². The van der Waals surface area contributed by atoms with Crippen LogP contribution in [0.1, 0.15) is 32.7 Å². The number of hydrogen-bond donors (Lipinski definition) is 4. The number of carboxylic acid groups (broad SMARTS) is 1. The Morgan fingerprint density at radius 2 is 1.97 bits per heavy atom. The molecule has 1 amide bonds. The molecule has 0 aliphatic rings. The number of carboxylic acids is 1. The van der Waals surface area contributed by atoms with Crippen LogP contribution in [-0.2, 0) is 9.59 Å². The van der Waals surface area contributed by atoms with E-state index in [1.165, 1.54) is 0 Å². The van der Waals surface area contributed by atoms with E-state index in [9.17, 15) is 19.5 Å². The maximum Gasteiger partial charge on any atom is 0.338 e. The van der Waals surface area contributed by atoms with Crippen molar-refractivity contribution >= 4 is 28.7 Å². The van der Waals surface area contributed by atoms with Gasteiger partial charge in [-0.2, -0.15) is 4.68 Å². The second-order valence-corrected chi connectivity index (χ2v) is 6.95. The van der Waals surface area contributed by atoms with Gasteiger partial charge in [-0.3, -0.25) is 26.0 Å². The molecule has 0 aliphatic heterocycles. The molecule has 11 heteroatoms. The molecular weight excluding hydrogens is 378 g/mol. The van der Waals surface area contributed by atoms with Crippen molar-refractivity contribution in [2.75, 3.05) is 6.54 Å². The number of rotatable bonds is 9. The minimum atomic E-state index is -1.43. The zero-order chi connectivity index (χ0) is 21.6. The van der Waals surface area contributed by atoms with Crippen LogP contribution in [0.15, 0.2) is 29.1 Å². The van der Waals surface area contributed by atoms with Gasteiger partial charge in [0.05, 0.1) is 23.9 Å². The lowest BCUT2D eigenvalue weighted by molar-refractivity contribution is -0.459. The standard InChI is InChI=1S/C18H25N7O4/c1-10(2)14(25-16(27)11-6-3-4-7-12(11)23-24-25)15(26)22-13(17(28)29)8-5-9-21-18(19)20/h3-4,6-7,10,13-14H,5,8-9H2,1-2H3,(H,22,26)(H,28,29)(H4,19,20,21)/t13-,14-/m0/s1. The monoisotopic (exact) mass is 403 g/mol. The van der Waals surface area contributed by atoms with Crippen LogP contribution in [0.3, 0.4) is 0 Å². The fourth-order valence-electron chi connectivity index (χ4n) is 2.93. The smallest absolute Gasteiger partial charge is 0.338 e. The summed E-state index contributed by atoms with van der Waals surface area (Å²) < 4.78 is 0.986. The second kappa shape index (κ2) is 9.62. The highest BCUT2D eigenvalue weighted by molar-refractivity contribution is 5.86. The lowest BCUT2D eigenvalue weighted by atomic mass is 10.0. The molecule has 2 atom stereocenters. The van der Waals surface area contributed by atoms with Gasteiger partial charge in [-0.05, 0) is 30.9 Å². The Hall–Kier alpha value is -3.50. The number of fused-ring (bicyclic) bond motifs is 1. The van der Waals surface area contributed by atoms with Crippen LogP contribution in [0.4, 0.5) is 0 Å². The second-order valence-electron chi connectivity index (χ2n) is 6.95. The molecule has 1 aromatic carbocycles. The Kier molecular flexibility index (Phi) is 7.23. The van der Waals surface area contributed by atoms with Gasteiger partial charge in [0, 0.05) is 0 Å². The molecule has 29 heavy (non-hydrogen) atoms. The molecule has 2 rings (SSSR count). The van der Waals surface area contributed by atoms with Gasteiger partial charge >= 0.3 is 5.96 Å². The summed E-state index contributed by atoms with van der Waals surface area (Å²) in [6.07, 6.45) is 0.469. The summed E-state index contributed by atoms with van der Waals surface area (Å²) in [6.45, 7) is 3.79. The summed E-state index contributed by atoms with van der Waals surface area (Å²) >= 11 is 0. The molecular formula is C18H25N7O4. The molecule has 0 saturated heterocycles. The van der Waals surface area contributed by atoms with Crippen molar-refractivity contribution in [2.24, 2.45) is 17.4 Å². The van der Waals surface area contributed by atoms with Gasteiger partial charge in [-0.15, -0.1) is 5.10 Å². The highest BCUT2D eigenvalue weighted by atomic mass is 16.4. The maximum absolute atomic E-state index is 12.8. The lowest BCUT2D eigenvalue weighted by Gasteiger charge is -2.25. The van der Waals surface area contributed by atoms with Crippen molar-refractivity contribution in [1.82, 2.24) is 20.3 Å². The number of amides is 1. The summed E-state index contributed by atoms with van der Waals surface area (Å²) in [6, 6.07) is 4.37. The Morgan fingerprint density at radius 3 is 2.59 bits per heavy atom. The Bertz CT molecular complexity index is 966. The number of nitrogens with two attached hydrogens (primary N) is 2. The molecule has 0 unspecified atom stereocenters. The minimum absolute atomic E-state index is 0.0214. The first-order chi connectivity index (χ1) is 13.7. The van der Waals surface area contributed by atoms with Gasteiger partial charge in [0.1, 0.15) is 11.6 Å². The normalized spacial score (nSPS) is 13.1. The molecule has 11 nitrogen and oxygen atoms in total. The van der Waals surface area contributed by atoms with Crippen LogP contribution in [0.2, 0.25) is 0 Å². The Balaban J connectivity index is 2.24. The van der Waals surface area contributed by atoms with E-state index < -0.39 is 29.5 Å². The quantitative estimate of drug-likeness (QED) is 0.188. The summed E-state index contributed by atoms with van der Waals surface area (Å²) in [5.74, 6) is -2.41. The van der Waals surface area contributed by atoms with Gasteiger partial charge in [0.25, 0.3) is 5.56 Å². The first kappa shape index (κ1) is 21.8. The predicted octanol–water partition coefficient (Wildman–Crippen LogP) is -3.64. The van der Waals surface area contributed by atoms with Gasteiger partial charge in [-0.25, -0.2) is 0 Å². The Morgan fingerprint density at radius 1 is 1.28 bits per heavy atom. The van der Waals surface area contributed by atoms with E-state index in [1.54, 1.807) is 38.1 Å². The number of guanidine groups is 1. The van der Waals surface area contributed by atoms with E-state index in [1.807, 2.05) is 0 Å². The summed E-state index contributed by atoms with van der Waals surface area (Å²) in [5.41, 5.74) is 10.5. The molecule has 0 fully saturated rings. The van der Waals surface area contributed by atoms with Crippen molar-refractivity contribution in [3.63, 3.8) is 0 Å². The summed E-state index contributed by atoms with van der Waals surface area (Å²) in [7, 11) is 0. The lowest BCUT2D eigenvalue weighted by Crippen LogP contribution is -2.78.